The maximum Gasteiger partial charge on any atom is 0.340 e. The lowest BCUT2D eigenvalue weighted by molar-refractivity contribution is 0.0602. The van der Waals surface area contributed by atoms with Crippen molar-refractivity contribution in [1.29, 1.82) is 0 Å². The number of esters is 1. The second-order valence-corrected chi connectivity index (χ2v) is 5.71. The molecule has 3 rings (SSSR count). The number of methoxy groups -OCH3 is 1. The van der Waals surface area contributed by atoms with Crippen molar-refractivity contribution in [1.82, 2.24) is 14.7 Å². The number of ether oxygens (including phenoxy) is 1. The van der Waals surface area contributed by atoms with Crippen LogP contribution in [0, 0.1) is 0 Å². The van der Waals surface area contributed by atoms with Crippen LogP contribution >= 0.6 is 0 Å². The molecule has 0 aliphatic rings. The lowest BCUT2D eigenvalue weighted by Gasteiger charge is -2.10. The third-order valence-corrected chi connectivity index (χ3v) is 3.64. The molecular weight excluding hydrogens is 290 g/mol. The molecule has 3 aromatic rings. The monoisotopic (exact) mass is 309 g/mol. The van der Waals surface area contributed by atoms with Crippen LogP contribution in [0.1, 0.15) is 15.9 Å². The maximum atomic E-state index is 11.8. The summed E-state index contributed by atoms with van der Waals surface area (Å²) in [5.41, 5.74) is 3.33. The predicted molar refractivity (Wildman–Crippen MR) is 89.8 cm³/mol. The summed E-state index contributed by atoms with van der Waals surface area (Å²) in [4.78, 5) is 14.0. The summed E-state index contributed by atoms with van der Waals surface area (Å²) in [6.07, 6.45) is 1.92. The van der Waals surface area contributed by atoms with E-state index in [0.29, 0.717) is 11.1 Å². The molecule has 0 aliphatic heterocycles. The fourth-order valence-electron chi connectivity index (χ4n) is 2.57. The highest BCUT2D eigenvalue weighted by atomic mass is 16.5. The molecule has 0 fully saturated rings. The van der Waals surface area contributed by atoms with Gasteiger partial charge in [0.1, 0.15) is 5.52 Å². The molecule has 0 bridgehead atoms. The largest absolute Gasteiger partial charge is 0.465 e. The molecule has 2 aromatic carbocycles. The molecule has 0 saturated carbocycles. The van der Waals surface area contributed by atoms with Crippen molar-refractivity contribution in [2.45, 2.75) is 6.54 Å². The second kappa shape index (κ2) is 6.22. The van der Waals surface area contributed by atoms with Crippen molar-refractivity contribution < 1.29 is 9.53 Å². The molecular formula is C18H19N3O2. The van der Waals surface area contributed by atoms with Crippen LogP contribution in [0.5, 0.6) is 0 Å². The van der Waals surface area contributed by atoms with Crippen molar-refractivity contribution in [3.63, 3.8) is 0 Å². The van der Waals surface area contributed by atoms with Crippen molar-refractivity contribution in [3.05, 3.63) is 59.8 Å². The Hall–Kier alpha value is -2.66. The highest BCUT2D eigenvalue weighted by Crippen LogP contribution is 2.20. The molecule has 1 aromatic heterocycles. The van der Waals surface area contributed by atoms with E-state index in [1.54, 1.807) is 10.7 Å². The molecule has 0 amide bonds. The molecule has 5 nitrogen and oxygen atoms in total. The lowest BCUT2D eigenvalue weighted by Crippen LogP contribution is -2.10. The van der Waals surface area contributed by atoms with Gasteiger partial charge in [0.15, 0.2) is 0 Å². The Bertz CT molecular complexity index is 835. The quantitative estimate of drug-likeness (QED) is 0.695. The van der Waals surface area contributed by atoms with Gasteiger partial charge in [-0.15, -0.1) is 0 Å². The zero-order valence-corrected chi connectivity index (χ0v) is 13.5. The van der Waals surface area contributed by atoms with Crippen molar-refractivity contribution >= 4 is 16.9 Å². The van der Waals surface area contributed by atoms with Crippen molar-refractivity contribution in [2.75, 3.05) is 21.2 Å². The Morgan fingerprint density at radius 3 is 2.57 bits per heavy atom. The molecule has 0 radical (unpaired) electrons. The van der Waals surface area contributed by atoms with E-state index in [9.17, 15) is 4.79 Å². The highest BCUT2D eigenvalue weighted by molar-refractivity contribution is 6.02. The Balaban J connectivity index is 1.99. The number of fused-ring (bicyclic) bond motifs is 1. The van der Waals surface area contributed by atoms with Crippen LogP contribution in [0.4, 0.5) is 0 Å². The standard InChI is InChI=1S/C18H19N3O2/c1-20(2)11-13-7-9-15(10-8-13)21-12-14-5-4-6-16(17(14)19-21)18(22)23-3/h4-10,12H,11H2,1-3H3. The van der Waals surface area contributed by atoms with Gasteiger partial charge in [0, 0.05) is 18.1 Å². The molecule has 0 atom stereocenters. The molecule has 5 heteroatoms. The third-order valence-electron chi connectivity index (χ3n) is 3.64. The molecule has 1 heterocycles. The van der Waals surface area contributed by atoms with E-state index in [4.69, 9.17) is 4.74 Å². The molecule has 0 spiro atoms. The molecule has 0 N–H and O–H groups in total. The van der Waals surface area contributed by atoms with Crippen LogP contribution in [0.2, 0.25) is 0 Å². The van der Waals surface area contributed by atoms with Gasteiger partial charge >= 0.3 is 5.97 Å². The Morgan fingerprint density at radius 1 is 1.17 bits per heavy atom. The average molecular weight is 309 g/mol. The minimum absolute atomic E-state index is 0.373. The van der Waals surface area contributed by atoms with Crippen LogP contribution in [-0.4, -0.2) is 41.9 Å². The predicted octanol–water partition coefficient (Wildman–Crippen LogP) is 2.87. The SMILES string of the molecule is COC(=O)c1cccc2cn(-c3ccc(CN(C)C)cc3)nc12. The number of nitrogens with zero attached hydrogens (tertiary/aromatic N) is 3. The van der Waals surface area contributed by atoms with Crippen molar-refractivity contribution in [2.24, 2.45) is 0 Å². The number of aromatic nitrogens is 2. The van der Waals surface area contributed by atoms with Gasteiger partial charge in [-0.2, -0.15) is 5.10 Å². The Labute approximate surface area is 135 Å². The molecule has 0 saturated heterocycles. The van der Waals surface area contributed by atoms with E-state index in [1.165, 1.54) is 12.7 Å². The number of carbonyl (C=O) groups is 1. The van der Waals surface area contributed by atoms with Crippen molar-refractivity contribution in [3.8, 4) is 5.69 Å². The van der Waals surface area contributed by atoms with E-state index in [-0.39, 0.29) is 5.97 Å². The summed E-state index contributed by atoms with van der Waals surface area (Å²) in [7, 11) is 5.46. The zero-order chi connectivity index (χ0) is 16.4. The van der Waals surface area contributed by atoms with Gasteiger partial charge in [-0.05, 0) is 37.9 Å². The molecule has 0 unspecified atom stereocenters. The molecule has 118 valence electrons. The minimum atomic E-state index is -0.373. The van der Waals surface area contributed by atoms with E-state index in [0.717, 1.165) is 17.6 Å². The first-order valence-corrected chi connectivity index (χ1v) is 7.39. The normalized spacial score (nSPS) is 11.1. The van der Waals surface area contributed by atoms with Gasteiger partial charge in [0.05, 0.1) is 18.4 Å². The Kier molecular flexibility index (Phi) is 4.12. The van der Waals surface area contributed by atoms with Crippen LogP contribution < -0.4 is 0 Å². The molecule has 0 aliphatic carbocycles. The van der Waals surface area contributed by atoms with Crippen LogP contribution in [0.3, 0.4) is 0 Å². The maximum absolute atomic E-state index is 11.8. The average Bonchev–Trinajstić information content (AvgIpc) is 2.98. The number of carbonyl (C=O) groups excluding carboxylic acids is 1. The molecule has 23 heavy (non-hydrogen) atoms. The van der Waals surface area contributed by atoms with Gasteiger partial charge in [0.2, 0.25) is 0 Å². The summed E-state index contributed by atoms with van der Waals surface area (Å²) in [5, 5.41) is 5.46. The van der Waals surface area contributed by atoms with Crippen LogP contribution in [-0.2, 0) is 11.3 Å². The lowest BCUT2D eigenvalue weighted by atomic mass is 10.1. The van der Waals surface area contributed by atoms with E-state index >= 15 is 0 Å². The van der Waals surface area contributed by atoms with E-state index in [2.05, 4.69) is 22.1 Å². The fourth-order valence-corrected chi connectivity index (χ4v) is 2.57. The number of rotatable bonds is 4. The number of hydrogen-bond acceptors (Lipinski definition) is 4. The smallest absolute Gasteiger partial charge is 0.340 e. The number of benzene rings is 2. The summed E-state index contributed by atoms with van der Waals surface area (Å²) >= 11 is 0. The fraction of sp³-hybridized carbons (Fsp3) is 0.222. The topological polar surface area (TPSA) is 47.4 Å². The van der Waals surface area contributed by atoms with E-state index < -0.39 is 0 Å². The van der Waals surface area contributed by atoms with Gasteiger partial charge in [0.25, 0.3) is 0 Å². The summed E-state index contributed by atoms with van der Waals surface area (Å²) in [6, 6.07) is 13.7. The minimum Gasteiger partial charge on any atom is -0.465 e. The Morgan fingerprint density at radius 2 is 1.91 bits per heavy atom. The first kappa shape index (κ1) is 15.2. The summed E-state index contributed by atoms with van der Waals surface area (Å²) in [5.74, 6) is -0.373. The van der Waals surface area contributed by atoms with Gasteiger partial charge < -0.3 is 9.64 Å². The van der Waals surface area contributed by atoms with Gasteiger partial charge in [-0.25, -0.2) is 9.48 Å². The number of hydrogen-bond donors (Lipinski definition) is 0. The first-order chi connectivity index (χ1) is 11.1. The highest BCUT2D eigenvalue weighted by Gasteiger charge is 2.13. The third kappa shape index (κ3) is 3.10. The van der Waals surface area contributed by atoms with Crippen LogP contribution in [0.25, 0.3) is 16.6 Å². The first-order valence-electron chi connectivity index (χ1n) is 7.39. The van der Waals surface area contributed by atoms with Gasteiger partial charge in [-0.1, -0.05) is 24.3 Å². The van der Waals surface area contributed by atoms with Crippen LogP contribution in [0.15, 0.2) is 48.7 Å². The van der Waals surface area contributed by atoms with Gasteiger partial charge in [-0.3, -0.25) is 0 Å². The second-order valence-electron chi connectivity index (χ2n) is 5.71. The summed E-state index contributed by atoms with van der Waals surface area (Å²) < 4.78 is 6.61. The summed E-state index contributed by atoms with van der Waals surface area (Å²) in [6.45, 7) is 0.897. The zero-order valence-electron chi connectivity index (χ0n) is 13.5. The van der Waals surface area contributed by atoms with E-state index in [1.807, 2.05) is 44.6 Å².